The molecule has 0 saturated carbocycles. The van der Waals surface area contributed by atoms with Crippen molar-refractivity contribution in [1.29, 1.82) is 0 Å². The predicted molar refractivity (Wildman–Crippen MR) is 94.7 cm³/mol. The number of likely N-dealkylation sites (N-methyl/N-ethyl adjacent to an activating group) is 1. The topological polar surface area (TPSA) is 105 Å². The molecule has 1 aromatic carbocycles. The molecule has 136 valence electrons. The highest BCUT2D eigenvalue weighted by atomic mass is 16.5. The number of H-pyrrole nitrogens is 1. The van der Waals surface area contributed by atoms with Crippen molar-refractivity contribution >= 4 is 22.8 Å². The maximum Gasteiger partial charge on any atom is 0.261 e. The van der Waals surface area contributed by atoms with Crippen molar-refractivity contribution in [3.05, 3.63) is 41.9 Å². The van der Waals surface area contributed by atoms with Crippen LogP contribution in [0.15, 0.2) is 30.5 Å². The minimum atomic E-state index is -0.339. The van der Waals surface area contributed by atoms with E-state index in [0.29, 0.717) is 11.4 Å². The quantitative estimate of drug-likeness (QED) is 0.676. The summed E-state index contributed by atoms with van der Waals surface area (Å²) in [6.07, 6.45) is 1.56. The van der Waals surface area contributed by atoms with Crippen LogP contribution in [0, 0.1) is 0 Å². The highest BCUT2D eigenvalue weighted by molar-refractivity contribution is 5.98. The van der Waals surface area contributed by atoms with Crippen LogP contribution >= 0.6 is 0 Å². The van der Waals surface area contributed by atoms with Gasteiger partial charge in [0.25, 0.3) is 5.91 Å². The number of hydrogen-bond acceptors (Lipinski definition) is 5. The number of para-hydroxylation sites is 2. The van der Waals surface area contributed by atoms with Crippen LogP contribution in [0.5, 0.6) is 5.88 Å². The fourth-order valence-corrected chi connectivity index (χ4v) is 2.59. The Labute approximate surface area is 150 Å². The van der Waals surface area contributed by atoms with Gasteiger partial charge in [-0.15, -0.1) is 5.10 Å². The van der Waals surface area contributed by atoms with E-state index in [1.165, 1.54) is 16.7 Å². The maximum absolute atomic E-state index is 12.5. The van der Waals surface area contributed by atoms with Gasteiger partial charge >= 0.3 is 0 Å². The molecule has 0 fully saturated rings. The third-order valence-corrected chi connectivity index (χ3v) is 3.84. The predicted octanol–water partition coefficient (Wildman–Crippen LogP) is 0.693. The van der Waals surface area contributed by atoms with Crippen LogP contribution in [0.1, 0.15) is 16.2 Å². The molecule has 0 spiro atoms. The Morgan fingerprint density at radius 3 is 2.85 bits per heavy atom. The minimum Gasteiger partial charge on any atom is -0.479 e. The summed E-state index contributed by atoms with van der Waals surface area (Å²) in [6.45, 7) is 0.170. The van der Waals surface area contributed by atoms with Crippen LogP contribution < -0.4 is 10.1 Å². The average Bonchev–Trinajstić information content (AvgIpc) is 3.21. The molecule has 0 aliphatic carbocycles. The van der Waals surface area contributed by atoms with Gasteiger partial charge in [-0.25, -0.2) is 4.98 Å². The van der Waals surface area contributed by atoms with Gasteiger partial charge in [0.15, 0.2) is 0 Å². The fraction of sp³-hybridized carbons (Fsp3) is 0.294. The highest BCUT2D eigenvalue weighted by Gasteiger charge is 2.21. The Morgan fingerprint density at radius 1 is 1.35 bits per heavy atom. The maximum atomic E-state index is 12.5. The number of carbonyl (C=O) groups is 2. The monoisotopic (exact) mass is 356 g/mol. The number of nitrogens with zero attached hydrogens (tertiary/aromatic N) is 4. The molecule has 0 aliphatic rings. The number of rotatable bonds is 6. The lowest BCUT2D eigenvalue weighted by molar-refractivity contribution is -0.121. The van der Waals surface area contributed by atoms with E-state index >= 15 is 0 Å². The number of aromatic amines is 1. The van der Waals surface area contributed by atoms with E-state index in [0.717, 1.165) is 11.0 Å². The first kappa shape index (κ1) is 17.5. The van der Waals surface area contributed by atoms with Crippen molar-refractivity contribution in [3.63, 3.8) is 0 Å². The second-order valence-corrected chi connectivity index (χ2v) is 5.86. The van der Waals surface area contributed by atoms with Crippen molar-refractivity contribution < 1.29 is 14.3 Å². The number of aromatic nitrogens is 4. The number of carbonyl (C=O) groups excluding carboxylic acids is 2. The number of aryl methyl sites for hydroxylation is 1. The number of imidazole rings is 1. The van der Waals surface area contributed by atoms with E-state index in [9.17, 15) is 9.59 Å². The van der Waals surface area contributed by atoms with Crippen LogP contribution in [-0.2, 0) is 18.4 Å². The number of hydrogen-bond donors (Lipinski definition) is 2. The lowest BCUT2D eigenvalue weighted by Gasteiger charge is -2.16. The van der Waals surface area contributed by atoms with Crippen LogP contribution in [-0.4, -0.2) is 57.2 Å². The molecular weight excluding hydrogens is 336 g/mol. The van der Waals surface area contributed by atoms with Crippen molar-refractivity contribution in [1.82, 2.24) is 30.0 Å². The van der Waals surface area contributed by atoms with Gasteiger partial charge in [-0.1, -0.05) is 12.1 Å². The molecule has 9 nitrogen and oxygen atoms in total. The molecule has 0 unspecified atom stereocenters. The van der Waals surface area contributed by atoms with Gasteiger partial charge in [0.05, 0.1) is 31.2 Å². The Morgan fingerprint density at radius 2 is 2.12 bits per heavy atom. The van der Waals surface area contributed by atoms with Gasteiger partial charge in [0.1, 0.15) is 11.4 Å². The zero-order valence-corrected chi connectivity index (χ0v) is 14.8. The second-order valence-electron chi connectivity index (χ2n) is 5.86. The summed E-state index contributed by atoms with van der Waals surface area (Å²) >= 11 is 0. The lowest BCUT2D eigenvalue weighted by Crippen LogP contribution is -2.38. The summed E-state index contributed by atoms with van der Waals surface area (Å²) < 4.78 is 6.57. The van der Waals surface area contributed by atoms with Gasteiger partial charge in [0.2, 0.25) is 11.8 Å². The summed E-state index contributed by atoms with van der Waals surface area (Å²) in [4.78, 5) is 33.4. The molecule has 0 saturated heterocycles. The first-order valence-electron chi connectivity index (χ1n) is 8.01. The molecule has 2 aromatic heterocycles. The normalized spacial score (nSPS) is 10.7. The Kier molecular flexibility index (Phi) is 4.87. The van der Waals surface area contributed by atoms with Gasteiger partial charge in [-0.3, -0.25) is 14.3 Å². The molecule has 3 aromatic rings. The SMILES string of the molecule is COc1nn(C)cc1C(=O)N(C)CC(=O)NCc1nc2ccccc2[nH]1. The molecule has 0 bridgehead atoms. The second kappa shape index (κ2) is 7.26. The fourth-order valence-electron chi connectivity index (χ4n) is 2.59. The van der Waals surface area contributed by atoms with Gasteiger partial charge in [-0.05, 0) is 12.1 Å². The molecule has 3 rings (SSSR count). The number of benzene rings is 1. The number of amides is 2. The first-order chi connectivity index (χ1) is 12.5. The van der Waals surface area contributed by atoms with Crippen LogP contribution in [0.4, 0.5) is 0 Å². The summed E-state index contributed by atoms with van der Waals surface area (Å²) in [5.41, 5.74) is 2.06. The zero-order chi connectivity index (χ0) is 18.7. The van der Waals surface area contributed by atoms with E-state index in [-0.39, 0.29) is 30.8 Å². The smallest absolute Gasteiger partial charge is 0.261 e. The minimum absolute atomic E-state index is 0.0862. The molecule has 2 N–H and O–H groups in total. The van der Waals surface area contributed by atoms with Gasteiger partial charge in [-0.2, -0.15) is 0 Å². The summed E-state index contributed by atoms with van der Waals surface area (Å²) in [7, 11) is 4.69. The summed E-state index contributed by atoms with van der Waals surface area (Å²) in [5, 5.41) is 6.79. The van der Waals surface area contributed by atoms with Crippen molar-refractivity contribution in [3.8, 4) is 5.88 Å². The summed E-state index contributed by atoms with van der Waals surface area (Å²) in [6, 6.07) is 7.63. The van der Waals surface area contributed by atoms with E-state index in [1.54, 1.807) is 20.3 Å². The van der Waals surface area contributed by atoms with E-state index in [4.69, 9.17) is 4.74 Å². The van der Waals surface area contributed by atoms with Crippen molar-refractivity contribution in [2.75, 3.05) is 20.7 Å². The molecular formula is C17H20N6O3. The Balaban J connectivity index is 1.57. The number of ether oxygens (including phenoxy) is 1. The Bertz CT molecular complexity index is 912. The van der Waals surface area contributed by atoms with Gasteiger partial charge in [0, 0.05) is 20.3 Å². The van der Waals surface area contributed by atoms with Crippen LogP contribution in [0.3, 0.4) is 0 Å². The Hall–Kier alpha value is -3.36. The number of nitrogens with one attached hydrogen (secondary N) is 2. The standard InChI is InChI=1S/C17H20N6O3/c1-22(17(25)11-9-23(2)21-16(11)26-3)10-15(24)18-8-14-19-12-6-4-5-7-13(12)20-14/h4-7,9H,8,10H2,1-3H3,(H,18,24)(H,19,20). The molecule has 26 heavy (non-hydrogen) atoms. The molecule has 2 amide bonds. The third kappa shape index (κ3) is 3.66. The average molecular weight is 356 g/mol. The zero-order valence-electron chi connectivity index (χ0n) is 14.8. The molecule has 0 radical (unpaired) electrons. The molecule has 0 atom stereocenters. The highest BCUT2D eigenvalue weighted by Crippen LogP contribution is 2.16. The summed E-state index contributed by atoms with van der Waals surface area (Å²) in [5.74, 6) is 0.257. The van der Waals surface area contributed by atoms with Crippen molar-refractivity contribution in [2.24, 2.45) is 7.05 Å². The molecule has 9 heteroatoms. The lowest BCUT2D eigenvalue weighted by atomic mass is 10.3. The van der Waals surface area contributed by atoms with E-state index in [2.05, 4.69) is 20.4 Å². The third-order valence-electron chi connectivity index (χ3n) is 3.84. The number of methoxy groups -OCH3 is 1. The molecule has 0 aliphatic heterocycles. The number of fused-ring (bicyclic) bond motifs is 1. The van der Waals surface area contributed by atoms with E-state index in [1.807, 2.05) is 24.3 Å². The van der Waals surface area contributed by atoms with E-state index < -0.39 is 0 Å². The van der Waals surface area contributed by atoms with Crippen molar-refractivity contribution in [2.45, 2.75) is 6.54 Å². The first-order valence-corrected chi connectivity index (χ1v) is 8.01. The molecule has 2 heterocycles. The van der Waals surface area contributed by atoms with Gasteiger partial charge < -0.3 is 19.9 Å². The van der Waals surface area contributed by atoms with Crippen LogP contribution in [0.2, 0.25) is 0 Å². The largest absolute Gasteiger partial charge is 0.479 e. The van der Waals surface area contributed by atoms with Crippen LogP contribution in [0.25, 0.3) is 11.0 Å².